The van der Waals surface area contributed by atoms with E-state index in [9.17, 15) is 13.2 Å². The van der Waals surface area contributed by atoms with Gasteiger partial charge in [-0.2, -0.15) is 10.4 Å². The molecule has 0 amide bonds. The van der Waals surface area contributed by atoms with Crippen LogP contribution in [0, 0.1) is 20.3 Å². The molecular weight excluding hydrogens is 425 g/mol. The molecule has 0 radical (unpaired) electrons. The van der Waals surface area contributed by atoms with Gasteiger partial charge in [0, 0.05) is 9.64 Å². The van der Waals surface area contributed by atoms with Gasteiger partial charge in [-0.3, -0.25) is 10.8 Å². The summed E-state index contributed by atoms with van der Waals surface area (Å²) in [5.74, 6) is -1.05. The molecule has 0 fully saturated rings. The Labute approximate surface area is 135 Å². The van der Waals surface area contributed by atoms with Crippen molar-refractivity contribution in [3.63, 3.8) is 0 Å². The van der Waals surface area contributed by atoms with Gasteiger partial charge in [-0.25, -0.2) is 0 Å². The van der Waals surface area contributed by atoms with E-state index in [2.05, 4.69) is 15.3 Å². The van der Waals surface area contributed by atoms with E-state index in [-0.39, 0.29) is 14.3 Å². The van der Waals surface area contributed by atoms with Crippen molar-refractivity contribution in [2.75, 3.05) is 5.43 Å². The van der Waals surface area contributed by atoms with Gasteiger partial charge in [0.05, 0.1) is 10.7 Å². The van der Waals surface area contributed by atoms with Crippen LogP contribution in [0.25, 0.3) is 0 Å². The lowest BCUT2D eigenvalue weighted by Crippen LogP contribution is -2.22. The fourth-order valence-electron chi connectivity index (χ4n) is 1.11. The van der Waals surface area contributed by atoms with E-state index in [1.807, 2.05) is 0 Å². The highest BCUT2D eigenvalue weighted by Gasteiger charge is 2.31. The molecule has 0 aromatic heterocycles. The minimum absolute atomic E-state index is 0.106. The van der Waals surface area contributed by atoms with Crippen LogP contribution in [0.15, 0.2) is 17.2 Å². The smallest absolute Gasteiger partial charge is 0.406 e. The lowest BCUT2D eigenvalue weighted by atomic mass is 10.3. The molecule has 11 heteroatoms. The summed E-state index contributed by atoms with van der Waals surface area (Å²) in [4.78, 5) is 0. The second-order valence-electron chi connectivity index (χ2n) is 3.41. The van der Waals surface area contributed by atoms with Crippen molar-refractivity contribution in [1.29, 1.82) is 10.7 Å². The fourth-order valence-corrected chi connectivity index (χ4v) is 2.24. The van der Waals surface area contributed by atoms with Crippen molar-refractivity contribution < 1.29 is 17.9 Å². The van der Waals surface area contributed by atoms with Gasteiger partial charge in [-0.15, -0.1) is 13.2 Å². The van der Waals surface area contributed by atoms with Crippen molar-refractivity contribution in [2.45, 2.75) is 6.36 Å². The highest BCUT2D eigenvalue weighted by molar-refractivity contribution is 14.1. The highest BCUT2D eigenvalue weighted by Crippen LogP contribution is 2.34. The molecule has 0 saturated heterocycles. The number of anilines is 1. The van der Waals surface area contributed by atoms with Crippen LogP contribution in [0.4, 0.5) is 18.9 Å². The van der Waals surface area contributed by atoms with Crippen LogP contribution in [-0.4, -0.2) is 17.9 Å². The van der Waals surface area contributed by atoms with Crippen LogP contribution < -0.4 is 15.9 Å². The molecule has 6 nitrogen and oxygen atoms in total. The van der Waals surface area contributed by atoms with Crippen molar-refractivity contribution in [2.24, 2.45) is 10.8 Å². The number of rotatable bonds is 4. The predicted molar refractivity (Wildman–Crippen MR) is 79.4 cm³/mol. The van der Waals surface area contributed by atoms with Crippen molar-refractivity contribution >= 4 is 51.4 Å². The quantitative estimate of drug-likeness (QED) is 0.295. The van der Waals surface area contributed by atoms with Crippen LogP contribution in [0.3, 0.4) is 0 Å². The second kappa shape index (κ2) is 6.81. The number of amidine groups is 1. The molecule has 0 unspecified atom stereocenters. The molecule has 0 atom stereocenters. The van der Waals surface area contributed by atoms with Crippen LogP contribution >= 0.6 is 34.2 Å². The number of hydrogen-bond acceptors (Lipinski definition) is 5. The lowest BCUT2D eigenvalue weighted by molar-refractivity contribution is -0.274. The first-order valence-corrected chi connectivity index (χ1v) is 6.42. The fraction of sp³-hybridized carbons (Fsp3) is 0.100. The Morgan fingerprint density at radius 1 is 1.52 bits per heavy atom. The lowest BCUT2D eigenvalue weighted by Gasteiger charge is -2.12. The number of nitrogens with zero attached hydrogens (tertiary/aromatic N) is 2. The molecule has 1 aromatic carbocycles. The molecular formula is C10H6ClF3IN5O. The zero-order valence-corrected chi connectivity index (χ0v) is 12.8. The number of nitrogens with two attached hydrogens (primary N) is 1. The van der Waals surface area contributed by atoms with Gasteiger partial charge in [0.1, 0.15) is 11.8 Å². The van der Waals surface area contributed by atoms with E-state index in [0.717, 1.165) is 12.1 Å². The summed E-state index contributed by atoms with van der Waals surface area (Å²) in [6.45, 7) is 0. The highest BCUT2D eigenvalue weighted by atomic mass is 127. The summed E-state index contributed by atoms with van der Waals surface area (Å²) in [6.07, 6.45) is -4.83. The Morgan fingerprint density at radius 3 is 2.57 bits per heavy atom. The Kier molecular flexibility index (Phi) is 5.62. The first-order chi connectivity index (χ1) is 9.64. The third-order valence-corrected chi connectivity index (χ3v) is 3.04. The van der Waals surface area contributed by atoms with Crippen molar-refractivity contribution in [3.8, 4) is 11.8 Å². The molecule has 0 bridgehead atoms. The number of nitriles is 1. The molecule has 0 saturated carbocycles. The normalized spacial score (nSPS) is 11.7. The largest absolute Gasteiger partial charge is 0.573 e. The van der Waals surface area contributed by atoms with Crippen LogP contribution in [0.1, 0.15) is 0 Å². The van der Waals surface area contributed by atoms with Crippen molar-refractivity contribution in [1.82, 2.24) is 0 Å². The third-order valence-electron chi connectivity index (χ3n) is 1.89. The number of nitrogens with one attached hydrogen (secondary N) is 2. The number of hydrazone groups is 1. The second-order valence-corrected chi connectivity index (χ2v) is 4.98. The van der Waals surface area contributed by atoms with Gasteiger partial charge >= 0.3 is 6.36 Å². The average molecular weight is 432 g/mol. The molecule has 0 heterocycles. The average Bonchev–Trinajstić information content (AvgIpc) is 2.30. The maximum Gasteiger partial charge on any atom is 0.573 e. The number of benzene rings is 1. The first kappa shape index (κ1) is 17.3. The Hall–Kier alpha value is -1.74. The molecule has 112 valence electrons. The molecule has 0 aliphatic carbocycles. The molecule has 4 N–H and O–H groups in total. The molecule has 0 aliphatic heterocycles. The van der Waals surface area contributed by atoms with E-state index in [1.165, 1.54) is 0 Å². The zero-order valence-electron chi connectivity index (χ0n) is 9.92. The molecule has 1 rings (SSSR count). The summed E-state index contributed by atoms with van der Waals surface area (Å²) < 4.78 is 40.4. The number of alkyl halides is 3. The van der Waals surface area contributed by atoms with Crippen molar-refractivity contribution in [3.05, 3.63) is 20.7 Å². The first-order valence-electron chi connectivity index (χ1n) is 4.97. The zero-order chi connectivity index (χ0) is 16.2. The standard InChI is InChI=1S/C10H6ClF3IN5O/c11-5-1-4(21-10(12,13)14)2-6(15)8(5)20-19-7(3-16)9(17)18/h1-2,20H,(H3,17,18)/b19-7+. The number of hydrogen-bond donors (Lipinski definition) is 3. The minimum atomic E-state index is -4.83. The van der Waals surface area contributed by atoms with E-state index in [1.54, 1.807) is 28.7 Å². The minimum Gasteiger partial charge on any atom is -0.406 e. The predicted octanol–water partition coefficient (Wildman–Crippen LogP) is 3.07. The molecule has 0 aliphatic rings. The maximum absolute atomic E-state index is 12.1. The van der Waals surface area contributed by atoms with Gasteiger partial charge in [-0.1, -0.05) is 11.6 Å². The summed E-state index contributed by atoms with van der Waals surface area (Å²) in [5.41, 5.74) is 7.23. The third kappa shape index (κ3) is 5.27. The Morgan fingerprint density at radius 2 is 2.14 bits per heavy atom. The van der Waals surface area contributed by atoms with Gasteiger partial charge < -0.3 is 10.5 Å². The van der Waals surface area contributed by atoms with Gasteiger partial charge in [0.15, 0.2) is 5.84 Å². The SMILES string of the molecule is N#C/C(=N\Nc1c(Cl)cc(OC(F)(F)F)cc1I)C(=N)N. The number of halogens is 5. The van der Waals surface area contributed by atoms with Gasteiger partial charge in [-0.05, 0) is 28.7 Å². The van der Waals surface area contributed by atoms with Crippen LogP contribution in [0.5, 0.6) is 5.75 Å². The molecule has 1 aromatic rings. The Bertz CT molecular complexity index is 618. The molecule has 21 heavy (non-hydrogen) atoms. The Balaban J connectivity index is 3.07. The molecule has 0 spiro atoms. The number of ether oxygens (including phenoxy) is 1. The summed E-state index contributed by atoms with van der Waals surface area (Å²) in [7, 11) is 0. The van der Waals surface area contributed by atoms with Gasteiger partial charge in [0.2, 0.25) is 5.71 Å². The van der Waals surface area contributed by atoms with E-state index < -0.39 is 23.7 Å². The monoisotopic (exact) mass is 431 g/mol. The maximum atomic E-state index is 12.1. The summed E-state index contributed by atoms with van der Waals surface area (Å²) in [5, 5.41) is 19.2. The van der Waals surface area contributed by atoms with Crippen LogP contribution in [-0.2, 0) is 0 Å². The van der Waals surface area contributed by atoms with Crippen LogP contribution in [0.2, 0.25) is 5.02 Å². The van der Waals surface area contributed by atoms with Gasteiger partial charge in [0.25, 0.3) is 0 Å². The topological polar surface area (TPSA) is 107 Å². The van der Waals surface area contributed by atoms with E-state index >= 15 is 0 Å². The summed E-state index contributed by atoms with van der Waals surface area (Å²) >= 11 is 7.53. The van der Waals surface area contributed by atoms with E-state index in [0.29, 0.717) is 0 Å². The van der Waals surface area contributed by atoms with E-state index in [4.69, 9.17) is 28.0 Å². The summed E-state index contributed by atoms with van der Waals surface area (Å²) in [6, 6.07) is 3.59.